The quantitative estimate of drug-likeness (QED) is 0.852. The first-order chi connectivity index (χ1) is 13.1. The predicted octanol–water partition coefficient (Wildman–Crippen LogP) is 2.79. The van der Waals surface area contributed by atoms with Gasteiger partial charge in [-0.2, -0.15) is 0 Å². The maximum absolute atomic E-state index is 13.4. The lowest BCUT2D eigenvalue weighted by Gasteiger charge is -2.48. The van der Waals surface area contributed by atoms with E-state index in [1.807, 2.05) is 18.2 Å². The molecule has 2 aromatic carbocycles. The first-order valence-electron chi connectivity index (χ1n) is 8.81. The smallest absolute Gasteiger partial charge is 0.271 e. The summed E-state index contributed by atoms with van der Waals surface area (Å²) in [6.45, 7) is 3.89. The minimum Gasteiger partial charge on any atom is -0.322 e. The summed E-state index contributed by atoms with van der Waals surface area (Å²) in [5.41, 5.74) is 0.110. The number of nitrogens with one attached hydrogen (secondary N) is 1. The van der Waals surface area contributed by atoms with Gasteiger partial charge in [-0.25, -0.2) is 0 Å². The van der Waals surface area contributed by atoms with Gasteiger partial charge in [0.2, 0.25) is 11.6 Å². The molecule has 0 aromatic heterocycles. The number of anilines is 2. The number of fused-ring (bicyclic) bond motifs is 3. The van der Waals surface area contributed by atoms with E-state index in [4.69, 9.17) is 0 Å². The zero-order valence-corrected chi connectivity index (χ0v) is 14.7. The molecule has 6 heteroatoms. The van der Waals surface area contributed by atoms with E-state index in [1.165, 1.54) is 9.80 Å². The molecule has 2 aromatic rings. The molecule has 0 bridgehead atoms. The fraction of sp³-hybridized carbons (Fsp3) is 0.190. The number of benzene rings is 2. The normalized spacial score (nSPS) is 20.9. The topological polar surface area (TPSA) is 69.7 Å². The summed E-state index contributed by atoms with van der Waals surface area (Å²) in [4.78, 5) is 42.3. The van der Waals surface area contributed by atoms with E-state index in [0.29, 0.717) is 16.9 Å². The van der Waals surface area contributed by atoms with Gasteiger partial charge in [-0.1, -0.05) is 36.4 Å². The summed E-state index contributed by atoms with van der Waals surface area (Å²) < 4.78 is 0. The van der Waals surface area contributed by atoms with Crippen molar-refractivity contribution in [3.05, 3.63) is 72.8 Å². The first-order valence-corrected chi connectivity index (χ1v) is 8.81. The highest BCUT2D eigenvalue weighted by Gasteiger charge is 2.60. The Kier molecular flexibility index (Phi) is 4.03. The van der Waals surface area contributed by atoms with Crippen molar-refractivity contribution in [1.82, 2.24) is 4.90 Å². The molecule has 3 amide bonds. The van der Waals surface area contributed by atoms with Gasteiger partial charge >= 0.3 is 0 Å². The molecule has 0 radical (unpaired) electrons. The molecular weight excluding hydrogens is 342 g/mol. The van der Waals surface area contributed by atoms with Crippen LogP contribution in [-0.4, -0.2) is 34.8 Å². The summed E-state index contributed by atoms with van der Waals surface area (Å²) in [7, 11) is 0. The molecule has 0 saturated carbocycles. The molecule has 27 heavy (non-hydrogen) atoms. The van der Waals surface area contributed by atoms with E-state index in [0.717, 1.165) is 0 Å². The van der Waals surface area contributed by atoms with Crippen LogP contribution in [0, 0.1) is 0 Å². The highest BCUT2D eigenvalue weighted by Crippen LogP contribution is 2.44. The van der Waals surface area contributed by atoms with Crippen molar-refractivity contribution in [2.75, 3.05) is 16.8 Å². The van der Waals surface area contributed by atoms with Crippen LogP contribution in [0.5, 0.6) is 0 Å². The van der Waals surface area contributed by atoms with Crippen molar-refractivity contribution in [3.8, 4) is 0 Å². The number of carbonyl (C=O) groups excluding carboxylic acids is 3. The van der Waals surface area contributed by atoms with Crippen molar-refractivity contribution in [2.24, 2.45) is 0 Å². The van der Waals surface area contributed by atoms with Crippen molar-refractivity contribution < 1.29 is 14.4 Å². The van der Waals surface area contributed by atoms with Gasteiger partial charge in [0.05, 0.1) is 11.3 Å². The van der Waals surface area contributed by atoms with Crippen LogP contribution in [0.4, 0.5) is 11.4 Å². The third kappa shape index (κ3) is 2.44. The van der Waals surface area contributed by atoms with Crippen LogP contribution in [0.15, 0.2) is 67.3 Å². The van der Waals surface area contributed by atoms with Crippen molar-refractivity contribution in [3.63, 3.8) is 0 Å². The second-order valence-corrected chi connectivity index (χ2v) is 6.59. The fourth-order valence-electron chi connectivity index (χ4n) is 3.92. The zero-order chi connectivity index (χ0) is 19.0. The lowest BCUT2D eigenvalue weighted by Crippen LogP contribution is -2.69. The molecule has 1 atom stereocenters. The summed E-state index contributed by atoms with van der Waals surface area (Å²) >= 11 is 0. The molecule has 0 unspecified atom stereocenters. The standard InChI is InChI=1S/C21H19N3O3/c1-2-14-23-19(26)16-10-6-7-11-17(16)24-18(25)12-13-21(23,24)20(27)22-15-8-4-3-5-9-15/h2-11H,1,12-14H2,(H,22,27)/t21-/m0/s1. The van der Waals surface area contributed by atoms with Crippen LogP contribution >= 0.6 is 0 Å². The van der Waals surface area contributed by atoms with E-state index >= 15 is 0 Å². The molecule has 1 saturated heterocycles. The number of para-hydroxylation sites is 2. The van der Waals surface area contributed by atoms with Gasteiger partial charge in [0.25, 0.3) is 11.8 Å². The maximum Gasteiger partial charge on any atom is 0.271 e. The summed E-state index contributed by atoms with van der Waals surface area (Å²) in [6, 6.07) is 15.9. The summed E-state index contributed by atoms with van der Waals surface area (Å²) in [5.74, 6) is -0.851. The minimum absolute atomic E-state index is 0.166. The SMILES string of the molecule is C=CCN1C(=O)c2ccccc2N2C(=O)CC[C@]12C(=O)Nc1ccccc1. The average Bonchev–Trinajstić information content (AvgIpc) is 3.04. The molecule has 6 nitrogen and oxygen atoms in total. The van der Waals surface area contributed by atoms with Gasteiger partial charge in [-0.15, -0.1) is 6.58 Å². The molecule has 2 aliphatic rings. The van der Waals surface area contributed by atoms with Gasteiger partial charge in [-0.3, -0.25) is 19.3 Å². The Bertz CT molecular complexity index is 941. The lowest BCUT2D eigenvalue weighted by atomic mass is 9.95. The molecule has 0 spiro atoms. The Morgan fingerprint density at radius 3 is 2.56 bits per heavy atom. The Morgan fingerprint density at radius 2 is 1.81 bits per heavy atom. The molecule has 2 heterocycles. The molecule has 0 aliphatic carbocycles. The van der Waals surface area contributed by atoms with Crippen LogP contribution in [0.1, 0.15) is 23.2 Å². The van der Waals surface area contributed by atoms with E-state index in [9.17, 15) is 14.4 Å². The van der Waals surface area contributed by atoms with Gasteiger partial charge in [0.15, 0.2) is 0 Å². The fourth-order valence-corrected chi connectivity index (χ4v) is 3.92. The molecule has 4 rings (SSSR count). The Hall–Kier alpha value is -3.41. The largest absolute Gasteiger partial charge is 0.322 e. The molecule has 1 fully saturated rings. The number of rotatable bonds is 4. The number of nitrogens with zero attached hydrogens (tertiary/aromatic N) is 2. The predicted molar refractivity (Wildman–Crippen MR) is 102 cm³/mol. The monoisotopic (exact) mass is 361 g/mol. The summed E-state index contributed by atoms with van der Waals surface area (Å²) in [5, 5.41) is 2.87. The molecule has 136 valence electrons. The Balaban J connectivity index is 1.86. The lowest BCUT2D eigenvalue weighted by molar-refractivity contribution is -0.128. The van der Waals surface area contributed by atoms with Crippen molar-refractivity contribution >= 4 is 29.1 Å². The maximum atomic E-state index is 13.4. The number of carbonyl (C=O) groups is 3. The number of amides is 3. The molecule has 2 aliphatic heterocycles. The van der Waals surface area contributed by atoms with Gasteiger partial charge in [-0.05, 0) is 24.3 Å². The zero-order valence-electron chi connectivity index (χ0n) is 14.7. The van der Waals surface area contributed by atoms with Crippen LogP contribution in [0.3, 0.4) is 0 Å². The second kappa shape index (κ2) is 6.39. The number of hydrogen-bond acceptors (Lipinski definition) is 3. The molecule has 1 N–H and O–H groups in total. The first kappa shape index (κ1) is 17.0. The van der Waals surface area contributed by atoms with Gasteiger partial charge in [0.1, 0.15) is 0 Å². The van der Waals surface area contributed by atoms with Gasteiger partial charge in [0, 0.05) is 25.1 Å². The van der Waals surface area contributed by atoms with Crippen LogP contribution in [0.25, 0.3) is 0 Å². The molecular formula is C21H19N3O3. The number of hydrogen-bond donors (Lipinski definition) is 1. The van der Waals surface area contributed by atoms with Crippen molar-refractivity contribution in [2.45, 2.75) is 18.5 Å². The van der Waals surface area contributed by atoms with Crippen LogP contribution in [0.2, 0.25) is 0 Å². The van der Waals surface area contributed by atoms with Crippen LogP contribution < -0.4 is 10.2 Å². The highest BCUT2D eigenvalue weighted by molar-refractivity contribution is 6.18. The minimum atomic E-state index is -1.40. The Labute approximate surface area is 157 Å². The third-order valence-electron chi connectivity index (χ3n) is 5.08. The van der Waals surface area contributed by atoms with Crippen molar-refractivity contribution in [1.29, 1.82) is 0 Å². The van der Waals surface area contributed by atoms with E-state index in [1.54, 1.807) is 42.5 Å². The van der Waals surface area contributed by atoms with E-state index < -0.39 is 11.6 Å². The van der Waals surface area contributed by atoms with E-state index in [2.05, 4.69) is 11.9 Å². The Morgan fingerprint density at radius 1 is 1.11 bits per heavy atom. The van der Waals surface area contributed by atoms with Crippen LogP contribution in [-0.2, 0) is 9.59 Å². The third-order valence-corrected chi connectivity index (χ3v) is 5.08. The second-order valence-electron chi connectivity index (χ2n) is 6.59. The van der Waals surface area contributed by atoms with E-state index in [-0.39, 0.29) is 31.2 Å². The highest BCUT2D eigenvalue weighted by atomic mass is 16.2. The van der Waals surface area contributed by atoms with Gasteiger partial charge < -0.3 is 10.2 Å². The summed E-state index contributed by atoms with van der Waals surface area (Å²) in [6.07, 6.45) is 2.00. The average molecular weight is 361 g/mol.